The molecule has 0 spiro atoms. The van der Waals surface area contributed by atoms with Gasteiger partial charge in [0.2, 0.25) is 10.0 Å². The molecular formula is C7H9BrN2O2S. The first-order chi connectivity index (χ1) is 5.82. The van der Waals surface area contributed by atoms with Crippen LogP contribution in [-0.4, -0.2) is 8.42 Å². The molecule has 0 atom stereocenters. The molecule has 0 aliphatic rings. The Hall–Kier alpha value is -0.590. The zero-order valence-corrected chi connectivity index (χ0v) is 9.31. The van der Waals surface area contributed by atoms with Gasteiger partial charge in [0.15, 0.2) is 0 Å². The summed E-state index contributed by atoms with van der Waals surface area (Å²) in [6.07, 6.45) is 0. The second-order valence-electron chi connectivity index (χ2n) is 2.66. The molecule has 0 aromatic heterocycles. The van der Waals surface area contributed by atoms with E-state index in [0.717, 1.165) is 0 Å². The highest BCUT2D eigenvalue weighted by Crippen LogP contribution is 2.25. The Kier molecular flexibility index (Phi) is 2.65. The van der Waals surface area contributed by atoms with Gasteiger partial charge in [0.05, 0.1) is 4.90 Å². The quantitative estimate of drug-likeness (QED) is 0.742. The van der Waals surface area contributed by atoms with E-state index in [0.29, 0.717) is 15.7 Å². The molecule has 0 aliphatic heterocycles. The Morgan fingerprint density at radius 1 is 1.38 bits per heavy atom. The maximum absolute atomic E-state index is 11.1. The van der Waals surface area contributed by atoms with E-state index in [1.54, 1.807) is 13.0 Å². The first-order valence-corrected chi connectivity index (χ1v) is 5.74. The second-order valence-corrected chi connectivity index (χ2v) is 5.11. The zero-order valence-electron chi connectivity index (χ0n) is 6.91. The number of nitrogens with two attached hydrogens (primary N) is 2. The standard InChI is InChI=1S/C7H9BrN2O2S/c1-4-6(9)2-5(8)3-7(4)13(10,11)12/h2-3H,9H2,1H3,(H2,10,11,12). The van der Waals surface area contributed by atoms with E-state index in [1.807, 2.05) is 0 Å². The number of sulfonamides is 1. The van der Waals surface area contributed by atoms with Crippen LogP contribution in [0.3, 0.4) is 0 Å². The summed E-state index contributed by atoms with van der Waals surface area (Å²) < 4.78 is 22.7. The molecule has 0 bridgehead atoms. The summed E-state index contributed by atoms with van der Waals surface area (Å²) in [6.45, 7) is 1.61. The van der Waals surface area contributed by atoms with Crippen molar-refractivity contribution in [3.63, 3.8) is 0 Å². The first-order valence-electron chi connectivity index (χ1n) is 3.41. The number of nitrogen functional groups attached to an aromatic ring is 1. The van der Waals surface area contributed by atoms with E-state index >= 15 is 0 Å². The Morgan fingerprint density at radius 2 is 1.92 bits per heavy atom. The molecule has 0 saturated heterocycles. The Labute approximate surface area is 85.1 Å². The molecule has 0 saturated carbocycles. The third-order valence-electron chi connectivity index (χ3n) is 1.67. The fraction of sp³-hybridized carbons (Fsp3) is 0.143. The highest BCUT2D eigenvalue weighted by Gasteiger charge is 2.13. The third kappa shape index (κ3) is 2.20. The molecule has 0 radical (unpaired) electrons. The number of benzene rings is 1. The van der Waals surface area contributed by atoms with Gasteiger partial charge in [-0.15, -0.1) is 0 Å². The SMILES string of the molecule is Cc1c(N)cc(Br)cc1S(N)(=O)=O. The van der Waals surface area contributed by atoms with Gasteiger partial charge in [-0.3, -0.25) is 0 Å². The van der Waals surface area contributed by atoms with Crippen molar-refractivity contribution in [2.45, 2.75) is 11.8 Å². The van der Waals surface area contributed by atoms with Crippen LogP contribution < -0.4 is 10.9 Å². The number of anilines is 1. The minimum Gasteiger partial charge on any atom is -0.398 e. The lowest BCUT2D eigenvalue weighted by Gasteiger charge is -2.06. The Bertz CT molecular complexity index is 442. The summed E-state index contributed by atoms with van der Waals surface area (Å²) in [5, 5.41) is 4.99. The maximum Gasteiger partial charge on any atom is 0.238 e. The van der Waals surface area contributed by atoms with E-state index < -0.39 is 10.0 Å². The van der Waals surface area contributed by atoms with Gasteiger partial charge in [-0.1, -0.05) is 15.9 Å². The van der Waals surface area contributed by atoms with Crippen LogP contribution in [0.1, 0.15) is 5.56 Å². The predicted octanol–water partition coefficient (Wildman–Crippen LogP) is 0.987. The molecule has 0 heterocycles. The monoisotopic (exact) mass is 264 g/mol. The minimum absolute atomic E-state index is 0.0550. The van der Waals surface area contributed by atoms with Gasteiger partial charge in [0, 0.05) is 10.2 Å². The van der Waals surface area contributed by atoms with Crippen molar-refractivity contribution < 1.29 is 8.42 Å². The molecule has 0 aliphatic carbocycles. The smallest absolute Gasteiger partial charge is 0.238 e. The van der Waals surface area contributed by atoms with Crippen LogP contribution in [0.25, 0.3) is 0 Å². The molecule has 72 valence electrons. The lowest BCUT2D eigenvalue weighted by molar-refractivity contribution is 0.597. The summed E-state index contributed by atoms with van der Waals surface area (Å²) >= 11 is 3.14. The van der Waals surface area contributed by atoms with Crippen molar-refractivity contribution in [2.24, 2.45) is 5.14 Å². The van der Waals surface area contributed by atoms with E-state index in [4.69, 9.17) is 10.9 Å². The predicted molar refractivity (Wildman–Crippen MR) is 54.7 cm³/mol. The molecule has 0 amide bonds. The summed E-state index contributed by atoms with van der Waals surface area (Å²) in [5.41, 5.74) is 6.45. The molecule has 4 nitrogen and oxygen atoms in total. The number of rotatable bonds is 1. The largest absolute Gasteiger partial charge is 0.398 e. The van der Waals surface area contributed by atoms with Crippen LogP contribution in [0.2, 0.25) is 0 Å². The van der Waals surface area contributed by atoms with E-state index in [9.17, 15) is 8.42 Å². The zero-order chi connectivity index (χ0) is 10.2. The van der Waals surface area contributed by atoms with E-state index in [1.165, 1.54) is 6.07 Å². The topological polar surface area (TPSA) is 86.2 Å². The molecule has 1 aromatic carbocycles. The average Bonchev–Trinajstić information content (AvgIpc) is 1.94. The summed E-state index contributed by atoms with van der Waals surface area (Å²) in [6, 6.07) is 3.06. The fourth-order valence-electron chi connectivity index (χ4n) is 0.970. The maximum atomic E-state index is 11.1. The molecule has 13 heavy (non-hydrogen) atoms. The van der Waals surface area contributed by atoms with E-state index in [-0.39, 0.29) is 4.90 Å². The van der Waals surface area contributed by atoms with Gasteiger partial charge in [0.1, 0.15) is 0 Å². The summed E-state index contributed by atoms with van der Waals surface area (Å²) in [7, 11) is -3.69. The van der Waals surface area contributed by atoms with Crippen LogP contribution in [0.4, 0.5) is 5.69 Å². The minimum atomic E-state index is -3.69. The average molecular weight is 265 g/mol. The molecule has 0 unspecified atom stereocenters. The van der Waals surface area contributed by atoms with Gasteiger partial charge in [-0.05, 0) is 24.6 Å². The van der Waals surface area contributed by atoms with Crippen LogP contribution in [0, 0.1) is 6.92 Å². The van der Waals surface area contributed by atoms with Gasteiger partial charge in [0.25, 0.3) is 0 Å². The number of hydrogen-bond donors (Lipinski definition) is 2. The van der Waals surface area contributed by atoms with Crippen LogP contribution in [0.15, 0.2) is 21.5 Å². The highest BCUT2D eigenvalue weighted by molar-refractivity contribution is 9.10. The van der Waals surface area contributed by atoms with Crippen molar-refractivity contribution in [1.29, 1.82) is 0 Å². The molecule has 4 N–H and O–H groups in total. The molecule has 1 aromatic rings. The van der Waals surface area contributed by atoms with Crippen LogP contribution >= 0.6 is 15.9 Å². The second kappa shape index (κ2) is 3.28. The summed E-state index contributed by atoms with van der Waals surface area (Å²) in [5.74, 6) is 0. The van der Waals surface area contributed by atoms with E-state index in [2.05, 4.69) is 15.9 Å². The fourth-order valence-corrected chi connectivity index (χ4v) is 2.43. The lowest BCUT2D eigenvalue weighted by Crippen LogP contribution is -2.14. The van der Waals surface area contributed by atoms with Gasteiger partial charge in [-0.25, -0.2) is 13.6 Å². The van der Waals surface area contributed by atoms with Crippen molar-refractivity contribution in [3.8, 4) is 0 Å². The van der Waals surface area contributed by atoms with Crippen LogP contribution in [0.5, 0.6) is 0 Å². The van der Waals surface area contributed by atoms with Crippen molar-refractivity contribution in [3.05, 3.63) is 22.2 Å². The lowest BCUT2D eigenvalue weighted by atomic mass is 10.2. The van der Waals surface area contributed by atoms with Crippen molar-refractivity contribution in [1.82, 2.24) is 0 Å². The van der Waals surface area contributed by atoms with Gasteiger partial charge < -0.3 is 5.73 Å². The molecular weight excluding hydrogens is 256 g/mol. The number of primary sulfonamides is 1. The van der Waals surface area contributed by atoms with Crippen molar-refractivity contribution >= 4 is 31.6 Å². The van der Waals surface area contributed by atoms with Crippen molar-refractivity contribution in [2.75, 3.05) is 5.73 Å². The Morgan fingerprint density at radius 3 is 2.38 bits per heavy atom. The van der Waals surface area contributed by atoms with Gasteiger partial charge in [-0.2, -0.15) is 0 Å². The molecule has 6 heteroatoms. The number of hydrogen-bond acceptors (Lipinski definition) is 3. The summed E-state index contributed by atoms with van der Waals surface area (Å²) in [4.78, 5) is 0.0550. The first kappa shape index (κ1) is 10.5. The molecule has 1 rings (SSSR count). The van der Waals surface area contributed by atoms with Crippen LogP contribution in [-0.2, 0) is 10.0 Å². The normalized spacial score (nSPS) is 11.6. The Balaban J connectivity index is 3.56. The number of halogens is 1. The third-order valence-corrected chi connectivity index (χ3v) is 3.17. The molecule has 0 fully saturated rings. The van der Waals surface area contributed by atoms with Gasteiger partial charge >= 0.3 is 0 Å². The highest BCUT2D eigenvalue weighted by atomic mass is 79.9.